The highest BCUT2D eigenvalue weighted by molar-refractivity contribution is 5.76. The molecule has 0 saturated carbocycles. The maximum Gasteiger partial charge on any atom is 0.130 e. The van der Waals surface area contributed by atoms with Gasteiger partial charge in [-0.1, -0.05) is 6.92 Å². The first kappa shape index (κ1) is 12.6. The van der Waals surface area contributed by atoms with Crippen LogP contribution in [0.1, 0.15) is 38.9 Å². The van der Waals surface area contributed by atoms with Crippen LogP contribution in [0.4, 0.5) is 4.39 Å². The van der Waals surface area contributed by atoms with Crippen LogP contribution in [0.25, 0.3) is 11.0 Å². The molecule has 0 radical (unpaired) electrons. The van der Waals surface area contributed by atoms with E-state index in [1.807, 2.05) is 6.07 Å². The Morgan fingerprint density at radius 3 is 2.89 bits per heavy atom. The van der Waals surface area contributed by atoms with E-state index in [0.717, 1.165) is 42.8 Å². The molecule has 0 spiro atoms. The number of rotatable bonds is 3. The lowest BCUT2D eigenvalue weighted by atomic mass is 9.93. The summed E-state index contributed by atoms with van der Waals surface area (Å²) in [5.41, 5.74) is 1.75. The van der Waals surface area contributed by atoms with E-state index in [1.165, 1.54) is 18.6 Å². The van der Waals surface area contributed by atoms with Crippen molar-refractivity contribution in [3.63, 3.8) is 0 Å². The molecule has 1 aromatic carbocycles. The SMILES string of the molecule is CCn1c(C2(CC)CCCN2)nc2cc(F)ccc21. The van der Waals surface area contributed by atoms with Crippen LogP contribution in [0.3, 0.4) is 0 Å². The van der Waals surface area contributed by atoms with E-state index in [2.05, 4.69) is 23.7 Å². The van der Waals surface area contributed by atoms with Gasteiger partial charge in [0, 0.05) is 12.6 Å². The number of imidazole rings is 1. The Morgan fingerprint density at radius 1 is 1.42 bits per heavy atom. The molecule has 1 aliphatic heterocycles. The topological polar surface area (TPSA) is 29.9 Å². The lowest BCUT2D eigenvalue weighted by Gasteiger charge is -2.28. The van der Waals surface area contributed by atoms with E-state index in [-0.39, 0.29) is 11.4 Å². The molecule has 0 bridgehead atoms. The van der Waals surface area contributed by atoms with Gasteiger partial charge in [0.25, 0.3) is 0 Å². The molecule has 1 saturated heterocycles. The highest BCUT2D eigenvalue weighted by Gasteiger charge is 2.37. The Labute approximate surface area is 112 Å². The van der Waals surface area contributed by atoms with Gasteiger partial charge in [-0.2, -0.15) is 0 Å². The Kier molecular flexibility index (Phi) is 3.05. The standard InChI is InChI=1S/C15H20FN3/c1-3-15(8-5-9-17-15)14-18-12-10-11(16)6-7-13(12)19(14)4-2/h6-7,10,17H,3-5,8-9H2,1-2H3. The van der Waals surface area contributed by atoms with Crippen molar-refractivity contribution in [1.29, 1.82) is 0 Å². The normalized spacial score (nSPS) is 23.3. The van der Waals surface area contributed by atoms with Crippen LogP contribution in [0.15, 0.2) is 18.2 Å². The van der Waals surface area contributed by atoms with Gasteiger partial charge in [0.2, 0.25) is 0 Å². The minimum absolute atomic E-state index is 0.0362. The number of hydrogen-bond acceptors (Lipinski definition) is 2. The van der Waals surface area contributed by atoms with Gasteiger partial charge in [-0.25, -0.2) is 9.37 Å². The Hall–Kier alpha value is -1.42. The second kappa shape index (κ2) is 4.60. The van der Waals surface area contributed by atoms with Gasteiger partial charge in [0.1, 0.15) is 11.6 Å². The van der Waals surface area contributed by atoms with Crippen molar-refractivity contribution in [1.82, 2.24) is 14.9 Å². The van der Waals surface area contributed by atoms with Crippen molar-refractivity contribution in [3.8, 4) is 0 Å². The molecule has 2 heterocycles. The summed E-state index contributed by atoms with van der Waals surface area (Å²) in [5, 5.41) is 3.61. The van der Waals surface area contributed by atoms with Crippen molar-refractivity contribution in [3.05, 3.63) is 29.8 Å². The highest BCUT2D eigenvalue weighted by Crippen LogP contribution is 2.35. The first-order valence-corrected chi connectivity index (χ1v) is 7.11. The molecular weight excluding hydrogens is 241 g/mol. The van der Waals surface area contributed by atoms with Gasteiger partial charge in [-0.05, 0) is 44.9 Å². The molecule has 1 atom stereocenters. The number of fused-ring (bicyclic) bond motifs is 1. The smallest absolute Gasteiger partial charge is 0.130 e. The van der Waals surface area contributed by atoms with Crippen LogP contribution >= 0.6 is 0 Å². The Morgan fingerprint density at radius 2 is 2.26 bits per heavy atom. The molecule has 3 nitrogen and oxygen atoms in total. The van der Waals surface area contributed by atoms with Crippen LogP contribution in [0.5, 0.6) is 0 Å². The maximum atomic E-state index is 13.4. The number of hydrogen-bond donors (Lipinski definition) is 1. The first-order chi connectivity index (χ1) is 9.20. The number of aromatic nitrogens is 2. The highest BCUT2D eigenvalue weighted by atomic mass is 19.1. The number of nitrogens with one attached hydrogen (secondary N) is 1. The van der Waals surface area contributed by atoms with Crippen LogP contribution < -0.4 is 5.32 Å². The molecule has 1 unspecified atom stereocenters. The van der Waals surface area contributed by atoms with Crippen LogP contribution in [-0.4, -0.2) is 16.1 Å². The van der Waals surface area contributed by atoms with E-state index in [9.17, 15) is 4.39 Å². The second-order valence-electron chi connectivity index (χ2n) is 5.28. The average Bonchev–Trinajstić information content (AvgIpc) is 3.02. The second-order valence-corrected chi connectivity index (χ2v) is 5.28. The summed E-state index contributed by atoms with van der Waals surface area (Å²) < 4.78 is 15.6. The molecule has 1 N–H and O–H groups in total. The lowest BCUT2D eigenvalue weighted by molar-refractivity contribution is 0.341. The summed E-state index contributed by atoms with van der Waals surface area (Å²) >= 11 is 0. The molecule has 0 amide bonds. The predicted octanol–water partition coefficient (Wildman–Crippen LogP) is 3.18. The maximum absolute atomic E-state index is 13.4. The molecule has 4 heteroatoms. The Bertz CT molecular complexity index is 597. The van der Waals surface area contributed by atoms with Crippen molar-refractivity contribution >= 4 is 11.0 Å². The van der Waals surface area contributed by atoms with E-state index in [4.69, 9.17) is 4.98 Å². The van der Waals surface area contributed by atoms with E-state index in [1.54, 1.807) is 0 Å². The minimum atomic E-state index is -0.218. The summed E-state index contributed by atoms with van der Waals surface area (Å²) in [6.07, 6.45) is 3.29. The van der Waals surface area contributed by atoms with E-state index < -0.39 is 0 Å². The fourth-order valence-corrected chi connectivity index (χ4v) is 3.25. The predicted molar refractivity (Wildman–Crippen MR) is 74.6 cm³/mol. The molecule has 3 rings (SSSR count). The Balaban J connectivity index is 2.22. The van der Waals surface area contributed by atoms with Crippen molar-refractivity contribution in [2.75, 3.05) is 6.54 Å². The van der Waals surface area contributed by atoms with Gasteiger partial charge >= 0.3 is 0 Å². The summed E-state index contributed by atoms with van der Waals surface area (Å²) in [6, 6.07) is 4.88. The van der Waals surface area contributed by atoms with Gasteiger partial charge in [0.15, 0.2) is 0 Å². The zero-order valence-corrected chi connectivity index (χ0v) is 11.5. The third kappa shape index (κ3) is 1.86. The molecule has 1 fully saturated rings. The quantitative estimate of drug-likeness (QED) is 0.919. The zero-order valence-electron chi connectivity index (χ0n) is 11.5. The monoisotopic (exact) mass is 261 g/mol. The average molecular weight is 261 g/mol. The van der Waals surface area contributed by atoms with E-state index in [0.29, 0.717) is 0 Å². The zero-order chi connectivity index (χ0) is 13.5. The lowest BCUT2D eigenvalue weighted by Crippen LogP contribution is -2.38. The van der Waals surface area contributed by atoms with Crippen LogP contribution in [0.2, 0.25) is 0 Å². The van der Waals surface area contributed by atoms with E-state index >= 15 is 0 Å². The molecule has 19 heavy (non-hydrogen) atoms. The van der Waals surface area contributed by atoms with Crippen molar-refractivity contribution in [2.45, 2.75) is 45.2 Å². The largest absolute Gasteiger partial charge is 0.327 e. The minimum Gasteiger partial charge on any atom is -0.327 e. The molecule has 1 aliphatic rings. The molecule has 2 aromatic rings. The van der Waals surface area contributed by atoms with Gasteiger partial charge in [-0.15, -0.1) is 0 Å². The van der Waals surface area contributed by atoms with Gasteiger partial charge in [0.05, 0.1) is 16.6 Å². The fraction of sp³-hybridized carbons (Fsp3) is 0.533. The van der Waals surface area contributed by atoms with Gasteiger partial charge in [-0.3, -0.25) is 0 Å². The molecular formula is C15H20FN3. The van der Waals surface area contributed by atoms with Crippen molar-refractivity contribution < 1.29 is 4.39 Å². The van der Waals surface area contributed by atoms with Crippen LogP contribution in [0, 0.1) is 5.82 Å². The number of nitrogens with zero attached hydrogens (tertiary/aromatic N) is 2. The molecule has 0 aliphatic carbocycles. The summed E-state index contributed by atoms with van der Waals surface area (Å²) in [4.78, 5) is 4.73. The summed E-state index contributed by atoms with van der Waals surface area (Å²) in [7, 11) is 0. The third-order valence-corrected chi connectivity index (χ3v) is 4.30. The molecule has 102 valence electrons. The number of halogens is 1. The van der Waals surface area contributed by atoms with Gasteiger partial charge < -0.3 is 9.88 Å². The molecule has 1 aromatic heterocycles. The summed E-state index contributed by atoms with van der Waals surface area (Å²) in [5.74, 6) is 0.848. The van der Waals surface area contributed by atoms with Crippen molar-refractivity contribution in [2.24, 2.45) is 0 Å². The number of benzene rings is 1. The summed E-state index contributed by atoms with van der Waals surface area (Å²) in [6.45, 7) is 6.21. The fourth-order valence-electron chi connectivity index (χ4n) is 3.25. The first-order valence-electron chi connectivity index (χ1n) is 7.11. The third-order valence-electron chi connectivity index (χ3n) is 4.30. The number of aryl methyl sites for hydroxylation is 1. The van der Waals surface area contributed by atoms with Crippen LogP contribution in [-0.2, 0) is 12.1 Å².